The highest BCUT2D eigenvalue weighted by molar-refractivity contribution is 7.17. The van der Waals surface area contributed by atoms with Crippen LogP contribution in [0.1, 0.15) is 16.3 Å². The molecule has 1 unspecified atom stereocenters. The second-order valence-corrected chi connectivity index (χ2v) is 8.55. The predicted octanol–water partition coefficient (Wildman–Crippen LogP) is 3.38. The van der Waals surface area contributed by atoms with Crippen LogP contribution in [0.15, 0.2) is 45.9 Å². The van der Waals surface area contributed by atoms with Crippen molar-refractivity contribution in [3.63, 3.8) is 0 Å². The van der Waals surface area contributed by atoms with Crippen LogP contribution in [0, 0.1) is 12.7 Å². The van der Waals surface area contributed by atoms with Crippen LogP contribution in [0.2, 0.25) is 0 Å². The number of hydrogen-bond donors (Lipinski definition) is 2. The van der Waals surface area contributed by atoms with Crippen LogP contribution in [0.4, 0.5) is 4.39 Å². The number of aromatic nitrogens is 2. The van der Waals surface area contributed by atoms with Gasteiger partial charge in [0.2, 0.25) is 0 Å². The Hall–Kier alpha value is -2.35. The van der Waals surface area contributed by atoms with Crippen LogP contribution in [-0.4, -0.2) is 17.0 Å². The van der Waals surface area contributed by atoms with E-state index in [1.807, 2.05) is 5.38 Å². The van der Waals surface area contributed by atoms with E-state index in [0.717, 1.165) is 17.7 Å². The molecule has 4 aromatic rings. The third-order valence-electron chi connectivity index (χ3n) is 4.55. The van der Waals surface area contributed by atoms with E-state index in [9.17, 15) is 9.18 Å². The average Bonchev–Trinajstić information content (AvgIpc) is 3.22. The highest BCUT2D eigenvalue weighted by Gasteiger charge is 2.15. The maximum Gasteiger partial charge on any atom is 0.260 e. The lowest BCUT2D eigenvalue weighted by atomic mass is 10.1. The summed E-state index contributed by atoms with van der Waals surface area (Å²) in [6.45, 7) is 3.66. The van der Waals surface area contributed by atoms with Crippen molar-refractivity contribution >= 4 is 32.9 Å². The Labute approximate surface area is 163 Å². The first-order valence-corrected chi connectivity index (χ1v) is 10.4. The molecule has 0 spiro atoms. The van der Waals surface area contributed by atoms with E-state index in [4.69, 9.17) is 0 Å². The molecule has 0 saturated heterocycles. The van der Waals surface area contributed by atoms with Crippen molar-refractivity contribution in [1.82, 2.24) is 9.97 Å². The Morgan fingerprint density at radius 3 is 2.63 bits per heavy atom. The second kappa shape index (κ2) is 7.34. The van der Waals surface area contributed by atoms with E-state index < -0.39 is 0 Å². The number of hydrogen-bond acceptors (Lipinski definition) is 4. The van der Waals surface area contributed by atoms with Crippen molar-refractivity contribution in [3.05, 3.63) is 73.5 Å². The van der Waals surface area contributed by atoms with Gasteiger partial charge in [-0.15, -0.1) is 22.7 Å². The molecule has 0 fully saturated rings. The van der Waals surface area contributed by atoms with Crippen LogP contribution in [-0.2, 0) is 13.1 Å². The molecule has 0 amide bonds. The molecule has 4 rings (SSSR count). The number of fused-ring (bicyclic) bond motifs is 1. The van der Waals surface area contributed by atoms with Gasteiger partial charge in [0, 0.05) is 10.9 Å². The largest absolute Gasteiger partial charge is 0.327 e. The highest BCUT2D eigenvalue weighted by Crippen LogP contribution is 2.30. The molecule has 0 radical (unpaired) electrons. The average molecular weight is 401 g/mol. The first-order chi connectivity index (χ1) is 13.0. The molecule has 3 aromatic heterocycles. The quantitative estimate of drug-likeness (QED) is 0.540. The van der Waals surface area contributed by atoms with Gasteiger partial charge in [-0.1, -0.05) is 12.1 Å². The van der Waals surface area contributed by atoms with Gasteiger partial charge in [0.1, 0.15) is 23.7 Å². The topological polar surface area (TPSA) is 50.2 Å². The molecule has 0 aliphatic heterocycles. The second-order valence-electron chi connectivity index (χ2n) is 6.69. The van der Waals surface area contributed by atoms with Gasteiger partial charge in [0.05, 0.1) is 17.3 Å². The van der Waals surface area contributed by atoms with Crippen LogP contribution < -0.4 is 10.5 Å². The van der Waals surface area contributed by atoms with E-state index in [1.165, 1.54) is 38.8 Å². The Balaban J connectivity index is 1.62. The zero-order valence-corrected chi connectivity index (χ0v) is 16.6. The number of rotatable bonds is 5. The molecule has 1 atom stereocenters. The smallest absolute Gasteiger partial charge is 0.260 e. The fourth-order valence-corrected chi connectivity index (χ4v) is 5.11. The molecular formula is C20H19FN3OS2+. The van der Waals surface area contributed by atoms with E-state index in [0.29, 0.717) is 22.6 Å². The van der Waals surface area contributed by atoms with Gasteiger partial charge in [0.15, 0.2) is 5.82 Å². The Bertz CT molecular complexity index is 1140. The van der Waals surface area contributed by atoms with Crippen molar-refractivity contribution < 1.29 is 9.29 Å². The lowest BCUT2D eigenvalue weighted by Gasteiger charge is -2.13. The van der Waals surface area contributed by atoms with Gasteiger partial charge in [-0.2, -0.15) is 0 Å². The maximum atomic E-state index is 13.2. The summed E-state index contributed by atoms with van der Waals surface area (Å²) in [5.41, 5.74) is 2.78. The number of thiophene rings is 2. The number of H-pyrrole nitrogens is 1. The number of aryl methyl sites for hydroxylation is 1. The summed E-state index contributed by atoms with van der Waals surface area (Å²) < 4.78 is 13.2. The summed E-state index contributed by atoms with van der Waals surface area (Å²) in [6, 6.07) is 8.30. The molecule has 0 bridgehead atoms. The molecule has 27 heavy (non-hydrogen) atoms. The molecule has 0 aliphatic rings. The molecule has 3 heterocycles. The molecule has 7 heteroatoms. The van der Waals surface area contributed by atoms with Gasteiger partial charge >= 0.3 is 0 Å². The van der Waals surface area contributed by atoms with Gasteiger partial charge in [-0.25, -0.2) is 9.37 Å². The van der Waals surface area contributed by atoms with E-state index in [-0.39, 0.29) is 11.4 Å². The molecule has 1 aromatic carbocycles. The maximum absolute atomic E-state index is 13.2. The first kappa shape index (κ1) is 18.0. The summed E-state index contributed by atoms with van der Waals surface area (Å²) in [5, 5.41) is 4.59. The zero-order chi connectivity index (χ0) is 19.0. The number of nitrogens with one attached hydrogen (secondary N) is 2. The summed E-state index contributed by atoms with van der Waals surface area (Å²) in [4.78, 5) is 23.6. The summed E-state index contributed by atoms with van der Waals surface area (Å²) in [7, 11) is 2.10. The molecule has 2 N–H and O–H groups in total. The summed E-state index contributed by atoms with van der Waals surface area (Å²) in [5.74, 6) is 0.395. The van der Waals surface area contributed by atoms with Crippen molar-refractivity contribution in [3.8, 4) is 11.1 Å². The van der Waals surface area contributed by atoms with Crippen LogP contribution in [0.25, 0.3) is 21.3 Å². The number of halogens is 1. The standard InChI is InChI=1S/C20H18FN3OS2/c1-12-7-8-26-16(12)9-24(2)10-17-22-19(25)18-15(11-27-20(18)23-17)13-3-5-14(21)6-4-13/h3-8,11H,9-10H2,1-2H3,(H,22,23,25)/p+1. The van der Waals surface area contributed by atoms with Gasteiger partial charge in [-0.3, -0.25) is 4.79 Å². The van der Waals surface area contributed by atoms with Crippen LogP contribution >= 0.6 is 22.7 Å². The van der Waals surface area contributed by atoms with Gasteiger partial charge < -0.3 is 9.88 Å². The normalized spacial score (nSPS) is 12.6. The highest BCUT2D eigenvalue weighted by atomic mass is 32.1. The lowest BCUT2D eigenvalue weighted by Crippen LogP contribution is -3.06. The Kier molecular flexibility index (Phi) is 4.90. The first-order valence-electron chi connectivity index (χ1n) is 8.62. The minimum absolute atomic E-state index is 0.143. The SMILES string of the molecule is Cc1ccsc1C[NH+](C)Cc1nc2scc(-c3ccc(F)cc3)c2c(=O)[nH]1. The third kappa shape index (κ3) is 3.71. The fraction of sp³-hybridized carbons (Fsp3) is 0.200. The molecule has 138 valence electrons. The fourth-order valence-electron chi connectivity index (χ4n) is 3.13. The summed E-state index contributed by atoms with van der Waals surface area (Å²) in [6.07, 6.45) is 0. The number of aromatic amines is 1. The van der Waals surface area contributed by atoms with E-state index in [2.05, 4.69) is 35.4 Å². The van der Waals surface area contributed by atoms with Crippen molar-refractivity contribution in [2.24, 2.45) is 0 Å². The number of nitrogens with zero attached hydrogens (tertiary/aromatic N) is 1. The predicted molar refractivity (Wildman–Crippen MR) is 109 cm³/mol. The van der Waals surface area contributed by atoms with E-state index in [1.54, 1.807) is 23.5 Å². The minimum atomic E-state index is -0.292. The van der Waals surface area contributed by atoms with Gasteiger partial charge in [0.25, 0.3) is 5.56 Å². The van der Waals surface area contributed by atoms with E-state index >= 15 is 0 Å². The van der Waals surface area contributed by atoms with Crippen molar-refractivity contribution in [2.75, 3.05) is 7.05 Å². The third-order valence-corrected chi connectivity index (χ3v) is 6.44. The van der Waals surface area contributed by atoms with Gasteiger partial charge in [-0.05, 0) is 41.6 Å². The number of benzene rings is 1. The van der Waals surface area contributed by atoms with Crippen molar-refractivity contribution in [1.29, 1.82) is 0 Å². The zero-order valence-electron chi connectivity index (χ0n) is 15.0. The van der Waals surface area contributed by atoms with Crippen LogP contribution in [0.3, 0.4) is 0 Å². The summed E-state index contributed by atoms with van der Waals surface area (Å²) >= 11 is 3.20. The molecule has 0 saturated carbocycles. The van der Waals surface area contributed by atoms with Crippen molar-refractivity contribution in [2.45, 2.75) is 20.0 Å². The monoisotopic (exact) mass is 400 g/mol. The molecule has 4 nitrogen and oxygen atoms in total. The Morgan fingerprint density at radius 2 is 1.93 bits per heavy atom. The molecular weight excluding hydrogens is 381 g/mol. The lowest BCUT2D eigenvalue weighted by molar-refractivity contribution is -0.908. The van der Waals surface area contributed by atoms with Crippen LogP contribution in [0.5, 0.6) is 0 Å². The molecule has 0 aliphatic carbocycles. The Morgan fingerprint density at radius 1 is 1.15 bits per heavy atom. The minimum Gasteiger partial charge on any atom is -0.327 e. The number of quaternary nitrogens is 1.